The van der Waals surface area contributed by atoms with Crippen LogP contribution in [0.2, 0.25) is 5.02 Å². The third-order valence-corrected chi connectivity index (χ3v) is 3.58. The van der Waals surface area contributed by atoms with E-state index >= 15 is 0 Å². The fourth-order valence-corrected chi connectivity index (χ4v) is 2.02. The van der Waals surface area contributed by atoms with Crippen LogP contribution in [0.25, 0.3) is 0 Å². The number of ketones is 1. The van der Waals surface area contributed by atoms with Gasteiger partial charge in [-0.1, -0.05) is 11.6 Å². The Balaban J connectivity index is 2.17. The summed E-state index contributed by atoms with van der Waals surface area (Å²) in [6.07, 6.45) is 3.88. The number of hydrogen-bond acceptors (Lipinski definition) is 2. The average Bonchev–Trinajstić information content (AvgIpc) is 2.68. The molecule has 0 saturated heterocycles. The minimum absolute atomic E-state index is 0.0513. The smallest absolute Gasteiger partial charge is 0.167 e. The summed E-state index contributed by atoms with van der Waals surface area (Å²) in [5.74, 6) is 0.0513. The quantitative estimate of drug-likeness (QED) is 0.815. The van der Waals surface area contributed by atoms with Crippen LogP contribution < -0.4 is 0 Å². The van der Waals surface area contributed by atoms with Crippen molar-refractivity contribution in [2.75, 3.05) is 0 Å². The molecule has 0 aliphatic heterocycles. The summed E-state index contributed by atoms with van der Waals surface area (Å²) < 4.78 is 2.41. The second-order valence-electron chi connectivity index (χ2n) is 3.75. The van der Waals surface area contributed by atoms with Crippen LogP contribution in [0.1, 0.15) is 15.9 Å². The van der Waals surface area contributed by atoms with Gasteiger partial charge in [-0.3, -0.25) is 9.48 Å². The molecule has 0 radical (unpaired) electrons. The maximum absolute atomic E-state index is 12.0. The maximum atomic E-state index is 12.0. The highest BCUT2D eigenvalue weighted by Gasteiger charge is 2.09. The molecule has 1 heterocycles. The van der Waals surface area contributed by atoms with Crippen molar-refractivity contribution in [2.24, 2.45) is 7.05 Å². The van der Waals surface area contributed by atoms with Crippen LogP contribution >= 0.6 is 27.5 Å². The highest BCUT2D eigenvalue weighted by molar-refractivity contribution is 9.10. The number of rotatable bonds is 3. The Bertz CT molecular complexity index is 565. The molecule has 0 atom stereocenters. The lowest BCUT2D eigenvalue weighted by molar-refractivity contribution is 0.0993. The highest BCUT2D eigenvalue weighted by Crippen LogP contribution is 2.23. The Morgan fingerprint density at radius 2 is 2.29 bits per heavy atom. The highest BCUT2D eigenvalue weighted by atomic mass is 79.9. The van der Waals surface area contributed by atoms with Crippen LogP contribution in [-0.2, 0) is 13.5 Å². The lowest BCUT2D eigenvalue weighted by atomic mass is 10.1. The molecule has 3 nitrogen and oxygen atoms in total. The van der Waals surface area contributed by atoms with Crippen molar-refractivity contribution in [3.63, 3.8) is 0 Å². The van der Waals surface area contributed by atoms with E-state index in [9.17, 15) is 4.79 Å². The fourth-order valence-electron chi connectivity index (χ4n) is 1.52. The summed E-state index contributed by atoms with van der Waals surface area (Å²) in [5.41, 5.74) is 1.55. The molecule has 0 unspecified atom stereocenters. The van der Waals surface area contributed by atoms with E-state index in [1.54, 1.807) is 29.1 Å². The van der Waals surface area contributed by atoms with Gasteiger partial charge in [-0.05, 0) is 39.7 Å². The van der Waals surface area contributed by atoms with Crippen LogP contribution in [0.5, 0.6) is 0 Å². The van der Waals surface area contributed by atoms with Gasteiger partial charge in [0.1, 0.15) is 0 Å². The van der Waals surface area contributed by atoms with Gasteiger partial charge in [-0.15, -0.1) is 0 Å². The Kier molecular flexibility index (Phi) is 3.64. The molecular weight excluding hydrogens is 304 g/mol. The van der Waals surface area contributed by atoms with Gasteiger partial charge < -0.3 is 0 Å². The first-order valence-corrected chi connectivity index (χ1v) is 6.19. The predicted octanol–water partition coefficient (Wildman–Crippen LogP) is 3.26. The summed E-state index contributed by atoms with van der Waals surface area (Å²) in [6, 6.07) is 5.18. The van der Waals surface area contributed by atoms with Crippen LogP contribution in [-0.4, -0.2) is 15.6 Å². The molecule has 2 aromatic rings. The first-order valence-electron chi connectivity index (χ1n) is 5.02. The molecule has 88 valence electrons. The van der Waals surface area contributed by atoms with Gasteiger partial charge in [0.25, 0.3) is 0 Å². The van der Waals surface area contributed by atoms with E-state index in [0.29, 0.717) is 17.0 Å². The summed E-state index contributed by atoms with van der Waals surface area (Å²) in [6.45, 7) is 0. The summed E-state index contributed by atoms with van der Waals surface area (Å²) in [7, 11) is 1.83. The molecule has 0 fully saturated rings. The lowest BCUT2D eigenvalue weighted by Crippen LogP contribution is -2.02. The Morgan fingerprint density at radius 3 is 2.88 bits per heavy atom. The summed E-state index contributed by atoms with van der Waals surface area (Å²) in [5, 5.41) is 4.63. The maximum Gasteiger partial charge on any atom is 0.167 e. The second kappa shape index (κ2) is 5.02. The summed E-state index contributed by atoms with van der Waals surface area (Å²) in [4.78, 5) is 12.0. The molecule has 0 spiro atoms. The standard InChI is InChI=1S/C12H10BrClN2O/c1-16-7-8(6-15-16)4-12(17)9-2-3-11(14)10(13)5-9/h2-3,5-7H,4H2,1H3. The topological polar surface area (TPSA) is 34.9 Å². The van der Waals surface area contributed by atoms with E-state index in [-0.39, 0.29) is 5.78 Å². The van der Waals surface area contributed by atoms with Gasteiger partial charge >= 0.3 is 0 Å². The van der Waals surface area contributed by atoms with Gasteiger partial charge in [0.15, 0.2) is 5.78 Å². The van der Waals surface area contributed by atoms with Crippen LogP contribution in [0, 0.1) is 0 Å². The van der Waals surface area contributed by atoms with Crippen molar-refractivity contribution < 1.29 is 4.79 Å². The van der Waals surface area contributed by atoms with Gasteiger partial charge in [0, 0.05) is 29.7 Å². The zero-order chi connectivity index (χ0) is 12.4. The van der Waals surface area contributed by atoms with Gasteiger partial charge in [-0.25, -0.2) is 0 Å². The molecule has 1 aromatic heterocycles. The van der Waals surface area contributed by atoms with Crippen LogP contribution in [0.4, 0.5) is 0 Å². The fraction of sp³-hybridized carbons (Fsp3) is 0.167. The van der Waals surface area contributed by atoms with Crippen molar-refractivity contribution in [1.82, 2.24) is 9.78 Å². The molecule has 0 aliphatic carbocycles. The van der Waals surface area contributed by atoms with E-state index in [1.807, 2.05) is 13.2 Å². The number of aromatic nitrogens is 2. The van der Waals surface area contributed by atoms with Gasteiger partial charge in [0.2, 0.25) is 0 Å². The van der Waals surface area contributed by atoms with E-state index < -0.39 is 0 Å². The number of hydrogen-bond donors (Lipinski definition) is 0. The lowest BCUT2D eigenvalue weighted by Gasteiger charge is -2.01. The zero-order valence-corrected chi connectivity index (χ0v) is 11.5. The van der Waals surface area contributed by atoms with Crippen molar-refractivity contribution in [2.45, 2.75) is 6.42 Å². The predicted molar refractivity (Wildman–Crippen MR) is 70.4 cm³/mol. The first kappa shape index (κ1) is 12.3. The number of nitrogens with zero attached hydrogens (tertiary/aromatic N) is 2. The third-order valence-electron chi connectivity index (χ3n) is 2.36. The van der Waals surface area contributed by atoms with E-state index in [1.165, 1.54) is 0 Å². The summed E-state index contributed by atoms with van der Waals surface area (Å²) >= 11 is 9.18. The molecule has 0 saturated carbocycles. The molecule has 0 amide bonds. The van der Waals surface area contributed by atoms with Gasteiger partial charge in [0.05, 0.1) is 11.2 Å². The van der Waals surface area contributed by atoms with Gasteiger partial charge in [-0.2, -0.15) is 5.10 Å². The number of benzene rings is 1. The van der Waals surface area contributed by atoms with Crippen molar-refractivity contribution in [3.05, 3.63) is 51.2 Å². The number of Topliss-reactive ketones (excluding diaryl/α,β-unsaturated/α-hetero) is 1. The average molecular weight is 314 g/mol. The SMILES string of the molecule is Cn1cc(CC(=O)c2ccc(Cl)c(Br)c2)cn1. The van der Waals surface area contributed by atoms with Crippen molar-refractivity contribution >= 4 is 33.3 Å². The number of carbonyl (C=O) groups excluding carboxylic acids is 1. The van der Waals surface area contributed by atoms with Crippen LogP contribution in [0.15, 0.2) is 35.1 Å². The molecule has 5 heteroatoms. The molecule has 0 N–H and O–H groups in total. The molecule has 0 aliphatic rings. The third kappa shape index (κ3) is 2.96. The molecule has 17 heavy (non-hydrogen) atoms. The molecule has 1 aromatic carbocycles. The Hall–Kier alpha value is -1.13. The van der Waals surface area contributed by atoms with E-state index in [4.69, 9.17) is 11.6 Å². The minimum Gasteiger partial charge on any atom is -0.294 e. The first-order chi connectivity index (χ1) is 8.06. The minimum atomic E-state index is 0.0513. The van der Waals surface area contributed by atoms with Crippen molar-refractivity contribution in [3.8, 4) is 0 Å². The zero-order valence-electron chi connectivity index (χ0n) is 9.15. The molecular formula is C12H10BrClN2O. The number of aryl methyl sites for hydroxylation is 1. The molecule has 2 rings (SSSR count). The molecule has 0 bridgehead atoms. The Morgan fingerprint density at radius 1 is 1.53 bits per heavy atom. The number of carbonyl (C=O) groups is 1. The largest absolute Gasteiger partial charge is 0.294 e. The van der Waals surface area contributed by atoms with Crippen LogP contribution in [0.3, 0.4) is 0 Å². The van der Waals surface area contributed by atoms with Crippen molar-refractivity contribution in [1.29, 1.82) is 0 Å². The van der Waals surface area contributed by atoms with E-state index in [0.717, 1.165) is 10.0 Å². The second-order valence-corrected chi connectivity index (χ2v) is 5.01. The normalized spacial score (nSPS) is 10.5. The van der Waals surface area contributed by atoms with E-state index in [2.05, 4.69) is 21.0 Å². The monoisotopic (exact) mass is 312 g/mol. The number of halogens is 2. The Labute approximate surface area is 113 Å².